The summed E-state index contributed by atoms with van der Waals surface area (Å²) in [5.74, 6) is 1.11. The van der Waals surface area contributed by atoms with E-state index in [1.54, 1.807) is 25.3 Å². The first-order valence-electron chi connectivity index (χ1n) is 5.00. The number of thiocarbonyl (C=S) groups is 1. The molecule has 1 aliphatic rings. The monoisotopic (exact) mass is 252 g/mol. The second kappa shape index (κ2) is 4.58. The van der Waals surface area contributed by atoms with Gasteiger partial charge in [-0.3, -0.25) is 9.69 Å². The normalized spacial score (nSPS) is 14.8. The van der Waals surface area contributed by atoms with Gasteiger partial charge >= 0.3 is 0 Å². The van der Waals surface area contributed by atoms with Crippen LogP contribution in [-0.2, 0) is 4.79 Å². The summed E-state index contributed by atoms with van der Waals surface area (Å²) >= 11 is 5.08. The zero-order valence-electron chi connectivity index (χ0n) is 9.52. The summed E-state index contributed by atoms with van der Waals surface area (Å²) in [6, 6.07) is 5.21. The van der Waals surface area contributed by atoms with E-state index in [9.17, 15) is 4.79 Å². The summed E-state index contributed by atoms with van der Waals surface area (Å²) in [6.07, 6.45) is 0. The predicted octanol–water partition coefficient (Wildman–Crippen LogP) is 0.925. The van der Waals surface area contributed by atoms with Crippen molar-refractivity contribution in [3.8, 4) is 11.5 Å². The third-order valence-corrected chi connectivity index (χ3v) is 2.80. The fraction of sp³-hybridized carbons (Fsp3) is 0.273. The van der Waals surface area contributed by atoms with Crippen LogP contribution >= 0.6 is 12.2 Å². The summed E-state index contributed by atoms with van der Waals surface area (Å²) in [7, 11) is 3.11. The Morgan fingerprint density at radius 3 is 2.65 bits per heavy atom. The van der Waals surface area contributed by atoms with Gasteiger partial charge in [-0.25, -0.2) is 0 Å². The second-order valence-corrected chi connectivity index (χ2v) is 3.81. The third kappa shape index (κ3) is 2.03. The molecule has 1 N–H and O–H groups in total. The van der Waals surface area contributed by atoms with Crippen molar-refractivity contribution in [3.63, 3.8) is 0 Å². The highest BCUT2D eigenvalue weighted by Gasteiger charge is 2.29. The number of anilines is 1. The van der Waals surface area contributed by atoms with Crippen molar-refractivity contribution in [3.05, 3.63) is 18.2 Å². The molecular formula is C11H12N2O3S. The van der Waals surface area contributed by atoms with E-state index in [0.717, 1.165) is 0 Å². The topological polar surface area (TPSA) is 50.8 Å². The van der Waals surface area contributed by atoms with Crippen molar-refractivity contribution in [2.75, 3.05) is 25.7 Å². The number of amides is 1. The molecule has 0 saturated carbocycles. The maximum atomic E-state index is 11.7. The summed E-state index contributed by atoms with van der Waals surface area (Å²) in [5.41, 5.74) is 0.619. The number of methoxy groups -OCH3 is 2. The molecule has 6 heteroatoms. The lowest BCUT2D eigenvalue weighted by Gasteiger charge is -2.18. The summed E-state index contributed by atoms with van der Waals surface area (Å²) in [6.45, 7) is 0.216. The number of rotatable bonds is 3. The number of ether oxygens (including phenoxy) is 2. The zero-order chi connectivity index (χ0) is 12.4. The highest BCUT2D eigenvalue weighted by molar-refractivity contribution is 7.80. The Labute approximate surface area is 104 Å². The number of nitrogens with one attached hydrogen (secondary N) is 1. The summed E-state index contributed by atoms with van der Waals surface area (Å²) < 4.78 is 10.3. The van der Waals surface area contributed by atoms with Gasteiger partial charge in [0.05, 0.1) is 26.5 Å². The second-order valence-electron chi connectivity index (χ2n) is 3.43. The highest BCUT2D eigenvalue weighted by Crippen LogP contribution is 2.33. The van der Waals surface area contributed by atoms with Gasteiger partial charge in [0.1, 0.15) is 11.5 Å². The Hall–Kier alpha value is -1.82. The molecule has 0 radical (unpaired) electrons. The quantitative estimate of drug-likeness (QED) is 0.811. The van der Waals surface area contributed by atoms with Gasteiger partial charge < -0.3 is 14.8 Å². The molecule has 1 heterocycles. The summed E-state index contributed by atoms with van der Waals surface area (Å²) in [4.78, 5) is 13.1. The lowest BCUT2D eigenvalue weighted by molar-refractivity contribution is -0.115. The molecule has 1 amide bonds. The number of hydrogen-bond donors (Lipinski definition) is 1. The average Bonchev–Trinajstić information content (AvgIpc) is 2.68. The van der Waals surface area contributed by atoms with Crippen molar-refractivity contribution >= 4 is 28.9 Å². The SMILES string of the molecule is COc1ccc(N2C(=O)CNC2=S)c(OC)c1. The molecule has 0 unspecified atom stereocenters. The van der Waals surface area contributed by atoms with E-state index in [-0.39, 0.29) is 12.5 Å². The van der Waals surface area contributed by atoms with Gasteiger partial charge in [-0.05, 0) is 24.4 Å². The Balaban J connectivity index is 2.44. The molecule has 0 bridgehead atoms. The smallest absolute Gasteiger partial charge is 0.252 e. The molecule has 90 valence electrons. The van der Waals surface area contributed by atoms with Crippen LogP contribution in [0.3, 0.4) is 0 Å². The lowest BCUT2D eigenvalue weighted by atomic mass is 10.2. The molecule has 0 spiro atoms. The van der Waals surface area contributed by atoms with Crippen LogP contribution in [0.4, 0.5) is 5.69 Å². The number of hydrogen-bond acceptors (Lipinski definition) is 4. The fourth-order valence-corrected chi connectivity index (χ4v) is 1.91. The number of carbonyl (C=O) groups excluding carboxylic acids is 1. The van der Waals surface area contributed by atoms with Crippen LogP contribution in [0, 0.1) is 0 Å². The van der Waals surface area contributed by atoms with Gasteiger partial charge in [0.25, 0.3) is 5.91 Å². The van der Waals surface area contributed by atoms with Gasteiger partial charge in [-0.1, -0.05) is 0 Å². The Morgan fingerprint density at radius 2 is 2.12 bits per heavy atom. The number of nitrogens with zero attached hydrogens (tertiary/aromatic N) is 1. The van der Waals surface area contributed by atoms with E-state index in [4.69, 9.17) is 21.7 Å². The van der Waals surface area contributed by atoms with Crippen LogP contribution in [0.25, 0.3) is 0 Å². The molecule has 1 fully saturated rings. The van der Waals surface area contributed by atoms with E-state index in [2.05, 4.69) is 5.32 Å². The van der Waals surface area contributed by atoms with Crippen LogP contribution in [0.5, 0.6) is 11.5 Å². The van der Waals surface area contributed by atoms with Gasteiger partial charge in [0.15, 0.2) is 5.11 Å². The van der Waals surface area contributed by atoms with Crippen LogP contribution in [0.2, 0.25) is 0 Å². The third-order valence-electron chi connectivity index (χ3n) is 2.47. The highest BCUT2D eigenvalue weighted by atomic mass is 32.1. The van der Waals surface area contributed by atoms with E-state index >= 15 is 0 Å². The maximum absolute atomic E-state index is 11.7. The van der Waals surface area contributed by atoms with Crippen LogP contribution in [0.15, 0.2) is 18.2 Å². The van der Waals surface area contributed by atoms with Crippen LogP contribution in [-0.4, -0.2) is 31.8 Å². The Morgan fingerprint density at radius 1 is 1.35 bits per heavy atom. The van der Waals surface area contributed by atoms with Crippen molar-refractivity contribution in [2.45, 2.75) is 0 Å². The Kier molecular flexibility index (Phi) is 3.14. The van der Waals surface area contributed by atoms with Crippen molar-refractivity contribution < 1.29 is 14.3 Å². The molecule has 0 aliphatic carbocycles. The molecule has 0 atom stereocenters. The molecule has 1 saturated heterocycles. The minimum absolute atomic E-state index is 0.0986. The van der Waals surface area contributed by atoms with Gasteiger partial charge in [0.2, 0.25) is 0 Å². The van der Waals surface area contributed by atoms with Gasteiger partial charge in [0, 0.05) is 6.07 Å². The van der Waals surface area contributed by atoms with Crippen LogP contribution < -0.4 is 19.7 Å². The summed E-state index contributed by atoms with van der Waals surface area (Å²) in [5, 5.41) is 3.21. The van der Waals surface area contributed by atoms with Crippen molar-refractivity contribution in [1.82, 2.24) is 5.32 Å². The van der Waals surface area contributed by atoms with Crippen LogP contribution in [0.1, 0.15) is 0 Å². The molecular weight excluding hydrogens is 240 g/mol. The standard InChI is InChI=1S/C11H12N2O3S/c1-15-7-3-4-8(9(5-7)16-2)13-10(14)6-12-11(13)17/h3-5H,6H2,1-2H3,(H,12,17). The molecule has 2 rings (SSSR count). The van der Waals surface area contributed by atoms with E-state index in [1.165, 1.54) is 12.0 Å². The molecule has 5 nitrogen and oxygen atoms in total. The van der Waals surface area contributed by atoms with E-state index in [1.807, 2.05) is 0 Å². The average molecular weight is 252 g/mol. The molecule has 17 heavy (non-hydrogen) atoms. The first-order valence-corrected chi connectivity index (χ1v) is 5.41. The largest absolute Gasteiger partial charge is 0.497 e. The first kappa shape index (κ1) is 11.7. The zero-order valence-corrected chi connectivity index (χ0v) is 10.3. The van der Waals surface area contributed by atoms with Crippen molar-refractivity contribution in [1.29, 1.82) is 0 Å². The molecule has 1 aromatic rings. The number of carbonyl (C=O) groups is 1. The van der Waals surface area contributed by atoms with E-state index in [0.29, 0.717) is 22.3 Å². The minimum atomic E-state index is -0.0986. The van der Waals surface area contributed by atoms with Gasteiger partial charge in [-0.2, -0.15) is 0 Å². The lowest BCUT2D eigenvalue weighted by Crippen LogP contribution is -2.30. The minimum Gasteiger partial charge on any atom is -0.497 e. The maximum Gasteiger partial charge on any atom is 0.252 e. The van der Waals surface area contributed by atoms with Crippen molar-refractivity contribution in [2.24, 2.45) is 0 Å². The molecule has 1 aromatic carbocycles. The van der Waals surface area contributed by atoms with E-state index < -0.39 is 0 Å². The fourth-order valence-electron chi connectivity index (χ4n) is 1.64. The molecule has 1 aliphatic heterocycles. The number of benzene rings is 1. The first-order chi connectivity index (χ1) is 8.17. The Bertz CT molecular complexity index is 460. The predicted molar refractivity (Wildman–Crippen MR) is 67.6 cm³/mol. The molecule has 0 aromatic heterocycles. The van der Waals surface area contributed by atoms with Gasteiger partial charge in [-0.15, -0.1) is 0 Å².